The maximum absolute atomic E-state index is 13.5. The van der Waals surface area contributed by atoms with E-state index in [2.05, 4.69) is 15.0 Å². The van der Waals surface area contributed by atoms with Gasteiger partial charge in [0.1, 0.15) is 6.33 Å². The second kappa shape index (κ2) is 8.31. The highest BCUT2D eigenvalue weighted by atomic mass is 35.5. The predicted molar refractivity (Wildman–Crippen MR) is 117 cm³/mol. The lowest BCUT2D eigenvalue weighted by Crippen LogP contribution is -2.39. The number of rotatable bonds is 4. The summed E-state index contributed by atoms with van der Waals surface area (Å²) in [5, 5.41) is 4.96. The molecule has 5 rings (SSSR count). The number of nitrogens with zero attached hydrogens (tertiary/aromatic N) is 5. The fraction of sp³-hybridized carbons (Fsp3) is 0.261. The number of alkyl halides is 3. The van der Waals surface area contributed by atoms with Crippen molar-refractivity contribution in [3.63, 3.8) is 0 Å². The van der Waals surface area contributed by atoms with Gasteiger partial charge in [0, 0.05) is 31.1 Å². The van der Waals surface area contributed by atoms with Crippen LogP contribution < -0.4 is 5.56 Å². The molecule has 0 fully saturated rings. The molecule has 0 amide bonds. The lowest BCUT2D eigenvalue weighted by molar-refractivity contribution is -0.137. The van der Waals surface area contributed by atoms with Crippen molar-refractivity contribution in [1.82, 2.24) is 24.1 Å². The molecule has 0 aliphatic carbocycles. The van der Waals surface area contributed by atoms with E-state index in [1.54, 1.807) is 4.52 Å². The van der Waals surface area contributed by atoms with E-state index in [1.165, 1.54) is 23.0 Å². The predicted octanol–water partition coefficient (Wildman–Crippen LogP) is 4.17. The van der Waals surface area contributed by atoms with Crippen LogP contribution in [0.5, 0.6) is 0 Å². The molecule has 1 aliphatic rings. The number of fused-ring (bicyclic) bond motifs is 3. The molecule has 10 heteroatoms. The fourth-order valence-electron chi connectivity index (χ4n) is 4.25. The molecule has 0 unspecified atom stereocenters. The van der Waals surface area contributed by atoms with Gasteiger partial charge in [0.15, 0.2) is 0 Å². The number of aromatic nitrogens is 4. The van der Waals surface area contributed by atoms with Crippen molar-refractivity contribution in [2.75, 3.05) is 6.54 Å². The first-order valence-electron chi connectivity index (χ1n) is 10.4. The summed E-state index contributed by atoms with van der Waals surface area (Å²) in [6.07, 6.45) is -2.39. The number of benzene rings is 2. The maximum Gasteiger partial charge on any atom is 0.416 e. The van der Waals surface area contributed by atoms with Crippen molar-refractivity contribution in [1.29, 1.82) is 0 Å². The summed E-state index contributed by atoms with van der Waals surface area (Å²) in [6.45, 7) is 1.93. The zero-order valence-electron chi connectivity index (χ0n) is 17.4. The first-order valence-corrected chi connectivity index (χ1v) is 10.7. The van der Waals surface area contributed by atoms with Gasteiger partial charge >= 0.3 is 6.18 Å². The van der Waals surface area contributed by atoms with Gasteiger partial charge in [0.25, 0.3) is 5.56 Å². The average molecular weight is 474 g/mol. The number of hydrogen-bond donors (Lipinski definition) is 0. The SMILES string of the molecule is O=c1c2c(n3ncnc3n1Cc1ccc(C(F)(F)F)cc1)CCN(Cc1cccc(Cl)c1)C2. The normalized spacial score (nSPS) is 14.5. The van der Waals surface area contributed by atoms with Crippen LogP contribution in [0.2, 0.25) is 5.02 Å². The van der Waals surface area contributed by atoms with E-state index in [-0.39, 0.29) is 12.1 Å². The van der Waals surface area contributed by atoms with Crippen LogP contribution in [0.15, 0.2) is 59.7 Å². The summed E-state index contributed by atoms with van der Waals surface area (Å²) < 4.78 is 41.8. The van der Waals surface area contributed by atoms with Gasteiger partial charge in [-0.3, -0.25) is 14.3 Å². The minimum atomic E-state index is -4.41. The molecule has 2 aromatic carbocycles. The van der Waals surface area contributed by atoms with Crippen molar-refractivity contribution in [2.45, 2.75) is 32.2 Å². The zero-order valence-corrected chi connectivity index (χ0v) is 18.1. The molecular formula is C23H19ClF3N5O. The lowest BCUT2D eigenvalue weighted by Gasteiger charge is -2.29. The van der Waals surface area contributed by atoms with Gasteiger partial charge in [-0.25, -0.2) is 4.52 Å². The summed E-state index contributed by atoms with van der Waals surface area (Å²) in [6, 6.07) is 12.4. The Morgan fingerprint density at radius 2 is 1.82 bits per heavy atom. The van der Waals surface area contributed by atoms with Crippen LogP contribution >= 0.6 is 11.6 Å². The second-order valence-electron chi connectivity index (χ2n) is 8.07. The van der Waals surface area contributed by atoms with Crippen LogP contribution in [0.1, 0.15) is 27.9 Å². The molecule has 4 aromatic rings. The van der Waals surface area contributed by atoms with Crippen molar-refractivity contribution in [2.24, 2.45) is 0 Å². The Hall–Kier alpha value is -3.17. The van der Waals surface area contributed by atoms with E-state index in [0.29, 0.717) is 41.4 Å². The van der Waals surface area contributed by atoms with Crippen LogP contribution in [-0.2, 0) is 32.2 Å². The Morgan fingerprint density at radius 1 is 1.03 bits per heavy atom. The third-order valence-corrected chi connectivity index (χ3v) is 6.08. The molecule has 0 atom stereocenters. The standard InChI is InChI=1S/C23H19ClF3N5O/c24-18-3-1-2-16(10-18)11-30-9-8-20-19(13-30)21(33)31(22-28-14-29-32(20)22)12-15-4-6-17(7-5-15)23(25,26)27/h1-7,10,14H,8-9,11-13H2. The molecule has 0 saturated heterocycles. The highest BCUT2D eigenvalue weighted by Crippen LogP contribution is 2.29. The molecule has 1 aliphatic heterocycles. The van der Waals surface area contributed by atoms with Crippen LogP contribution in [0.4, 0.5) is 13.2 Å². The summed E-state index contributed by atoms with van der Waals surface area (Å²) in [5.41, 5.74) is 2.13. The Balaban J connectivity index is 1.48. The van der Waals surface area contributed by atoms with E-state index < -0.39 is 11.7 Å². The van der Waals surface area contributed by atoms with E-state index >= 15 is 0 Å². The number of hydrogen-bond acceptors (Lipinski definition) is 4. The first-order chi connectivity index (χ1) is 15.8. The highest BCUT2D eigenvalue weighted by Gasteiger charge is 2.30. The maximum atomic E-state index is 13.5. The monoisotopic (exact) mass is 473 g/mol. The van der Waals surface area contributed by atoms with Crippen LogP contribution in [-0.4, -0.2) is 30.6 Å². The summed E-state index contributed by atoms with van der Waals surface area (Å²) in [4.78, 5) is 19.9. The van der Waals surface area contributed by atoms with Crippen molar-refractivity contribution < 1.29 is 13.2 Å². The van der Waals surface area contributed by atoms with Crippen molar-refractivity contribution >= 4 is 17.4 Å². The summed E-state index contributed by atoms with van der Waals surface area (Å²) >= 11 is 6.10. The molecule has 0 bridgehead atoms. The average Bonchev–Trinajstić information content (AvgIpc) is 3.26. The van der Waals surface area contributed by atoms with E-state index in [0.717, 1.165) is 29.9 Å². The molecule has 0 saturated carbocycles. The van der Waals surface area contributed by atoms with Crippen LogP contribution in [0, 0.1) is 0 Å². The lowest BCUT2D eigenvalue weighted by atomic mass is 10.1. The van der Waals surface area contributed by atoms with Crippen molar-refractivity contribution in [3.8, 4) is 0 Å². The highest BCUT2D eigenvalue weighted by molar-refractivity contribution is 6.30. The Bertz CT molecular complexity index is 1380. The van der Waals surface area contributed by atoms with E-state index in [9.17, 15) is 18.0 Å². The van der Waals surface area contributed by atoms with Gasteiger partial charge in [-0.15, -0.1) is 0 Å². The smallest absolute Gasteiger partial charge is 0.294 e. The third kappa shape index (κ3) is 4.26. The molecular weight excluding hydrogens is 455 g/mol. The number of halogens is 4. The zero-order chi connectivity index (χ0) is 23.2. The minimum Gasteiger partial charge on any atom is -0.294 e. The van der Waals surface area contributed by atoms with E-state index in [1.807, 2.05) is 24.3 Å². The van der Waals surface area contributed by atoms with Crippen molar-refractivity contribution in [3.05, 3.63) is 98.2 Å². The van der Waals surface area contributed by atoms with Gasteiger partial charge in [0.2, 0.25) is 5.78 Å². The van der Waals surface area contributed by atoms with E-state index in [4.69, 9.17) is 11.6 Å². The molecule has 0 N–H and O–H groups in total. The third-order valence-electron chi connectivity index (χ3n) is 5.84. The largest absolute Gasteiger partial charge is 0.416 e. The van der Waals surface area contributed by atoms with Crippen LogP contribution in [0.3, 0.4) is 0 Å². The molecule has 0 spiro atoms. The Morgan fingerprint density at radius 3 is 2.55 bits per heavy atom. The van der Waals surface area contributed by atoms with Gasteiger partial charge < -0.3 is 0 Å². The van der Waals surface area contributed by atoms with Gasteiger partial charge in [-0.1, -0.05) is 35.9 Å². The minimum absolute atomic E-state index is 0.0980. The second-order valence-corrected chi connectivity index (χ2v) is 8.51. The quantitative estimate of drug-likeness (QED) is 0.446. The van der Waals surface area contributed by atoms with Gasteiger partial charge in [-0.2, -0.15) is 23.3 Å². The molecule has 0 radical (unpaired) electrons. The Labute approximate surface area is 191 Å². The fourth-order valence-corrected chi connectivity index (χ4v) is 4.46. The van der Waals surface area contributed by atoms with Crippen LogP contribution in [0.25, 0.3) is 5.78 Å². The molecule has 6 nitrogen and oxygen atoms in total. The molecule has 33 heavy (non-hydrogen) atoms. The summed E-state index contributed by atoms with van der Waals surface area (Å²) in [5.74, 6) is 0.377. The topological polar surface area (TPSA) is 55.4 Å². The first kappa shape index (κ1) is 21.7. The van der Waals surface area contributed by atoms with Gasteiger partial charge in [0.05, 0.1) is 23.4 Å². The van der Waals surface area contributed by atoms with Gasteiger partial charge in [-0.05, 0) is 35.4 Å². The summed E-state index contributed by atoms with van der Waals surface area (Å²) in [7, 11) is 0. The Kier molecular flexibility index (Phi) is 5.46. The molecule has 170 valence electrons. The molecule has 2 aromatic heterocycles. The molecule has 3 heterocycles.